The number of hydrogen-bond acceptors (Lipinski definition) is 5. The van der Waals surface area contributed by atoms with Gasteiger partial charge in [-0.2, -0.15) is 11.8 Å². The fraction of sp³-hybridized carbons (Fsp3) is 0.487. The van der Waals surface area contributed by atoms with Gasteiger partial charge in [-0.25, -0.2) is 4.79 Å². The summed E-state index contributed by atoms with van der Waals surface area (Å²) in [6, 6.07) is 22.7. The summed E-state index contributed by atoms with van der Waals surface area (Å²) in [5.41, 5.74) is 7.51. The minimum Gasteiger partial charge on any atom is -0.467 e. The quantitative estimate of drug-likeness (QED) is 0.161. The minimum absolute atomic E-state index is 0.254. The van der Waals surface area contributed by atoms with Crippen LogP contribution in [-0.2, 0) is 22.5 Å². The number of nitrogens with one attached hydrogen (secondary N) is 1. The summed E-state index contributed by atoms with van der Waals surface area (Å²) in [6.07, 6.45) is 13.9. The first-order valence-electron chi connectivity index (χ1n) is 16.8. The summed E-state index contributed by atoms with van der Waals surface area (Å²) in [5.74, 6) is 0.878. The summed E-state index contributed by atoms with van der Waals surface area (Å²) in [7, 11) is 1.37. The lowest BCUT2D eigenvalue weighted by molar-refractivity contribution is -0.142. The molecule has 45 heavy (non-hydrogen) atoms. The first-order chi connectivity index (χ1) is 21.9. The maximum Gasteiger partial charge on any atom is 0.328 e. The molecule has 4 rings (SSSR count). The maximum absolute atomic E-state index is 13.8. The monoisotopic (exact) mass is 628 g/mol. The van der Waals surface area contributed by atoms with Gasteiger partial charge in [0.15, 0.2) is 0 Å². The molecule has 0 unspecified atom stereocenters. The first-order valence-corrected chi connectivity index (χ1v) is 18.2. The molecule has 0 radical (unpaired) electrons. The molecule has 242 valence electrons. The molecule has 1 aliphatic rings. The normalized spacial score (nSPS) is 14.1. The van der Waals surface area contributed by atoms with Crippen LogP contribution < -0.4 is 10.2 Å². The standard InChI is InChI=1S/C39H52N2O3S/c1-5-6-17-32-18-11-13-20-37(32)41(25-23-30-15-8-7-9-16-30)28-31-21-22-34(35(27-31)33-19-12-10-14-29(33)2)38(42)40-36(24-26-45-4)39(43)44-3/h10-14,18-22,27,30,36H,5-9,15-17,23-26,28H2,1-4H3,(H,40,42)/t36-/m0/s1. The topological polar surface area (TPSA) is 58.6 Å². The molecule has 0 aliphatic heterocycles. The van der Waals surface area contributed by atoms with Crippen molar-refractivity contribution in [3.05, 3.63) is 89.0 Å². The number of nitrogens with zero attached hydrogens (tertiary/aromatic N) is 1. The third-order valence-electron chi connectivity index (χ3n) is 9.20. The van der Waals surface area contributed by atoms with Crippen LogP contribution in [0.5, 0.6) is 0 Å². The number of para-hydroxylation sites is 1. The summed E-state index contributed by atoms with van der Waals surface area (Å²) >= 11 is 1.64. The van der Waals surface area contributed by atoms with E-state index < -0.39 is 12.0 Å². The molecule has 0 spiro atoms. The minimum atomic E-state index is -0.686. The van der Waals surface area contributed by atoms with E-state index in [1.165, 1.54) is 75.3 Å². The Bertz CT molecular complexity index is 1380. The number of hydrogen-bond donors (Lipinski definition) is 1. The van der Waals surface area contributed by atoms with Crippen LogP contribution in [0, 0.1) is 12.8 Å². The molecule has 0 saturated heterocycles. The van der Waals surface area contributed by atoms with Crippen molar-refractivity contribution in [2.75, 3.05) is 30.6 Å². The average molecular weight is 629 g/mol. The maximum atomic E-state index is 13.8. The number of benzene rings is 3. The van der Waals surface area contributed by atoms with Crippen molar-refractivity contribution in [3.8, 4) is 11.1 Å². The van der Waals surface area contributed by atoms with Gasteiger partial charge in [-0.1, -0.05) is 94.0 Å². The number of unbranched alkanes of at least 4 members (excludes halogenated alkanes) is 1. The van der Waals surface area contributed by atoms with E-state index in [0.29, 0.717) is 12.0 Å². The fourth-order valence-corrected chi connectivity index (χ4v) is 7.04. The van der Waals surface area contributed by atoms with E-state index in [9.17, 15) is 9.59 Å². The lowest BCUT2D eigenvalue weighted by Gasteiger charge is -2.31. The number of rotatable bonds is 16. The lowest BCUT2D eigenvalue weighted by Crippen LogP contribution is -2.42. The van der Waals surface area contributed by atoms with E-state index in [-0.39, 0.29) is 5.91 Å². The van der Waals surface area contributed by atoms with Crippen LogP contribution >= 0.6 is 11.8 Å². The molecule has 6 heteroatoms. The van der Waals surface area contributed by atoms with E-state index >= 15 is 0 Å². The van der Waals surface area contributed by atoms with Crippen LogP contribution in [0.15, 0.2) is 66.7 Å². The van der Waals surface area contributed by atoms with Crippen molar-refractivity contribution in [1.29, 1.82) is 0 Å². The zero-order valence-corrected chi connectivity index (χ0v) is 28.6. The molecular formula is C39H52N2O3S. The number of thioether (sulfide) groups is 1. The van der Waals surface area contributed by atoms with E-state index in [0.717, 1.165) is 47.9 Å². The Balaban J connectivity index is 1.69. The molecule has 3 aromatic rings. The number of aryl methyl sites for hydroxylation is 2. The van der Waals surface area contributed by atoms with Crippen molar-refractivity contribution in [2.24, 2.45) is 5.92 Å². The van der Waals surface area contributed by atoms with Gasteiger partial charge in [0.2, 0.25) is 0 Å². The summed E-state index contributed by atoms with van der Waals surface area (Å²) < 4.78 is 5.02. The highest BCUT2D eigenvalue weighted by Crippen LogP contribution is 2.32. The van der Waals surface area contributed by atoms with Gasteiger partial charge in [-0.3, -0.25) is 4.79 Å². The van der Waals surface area contributed by atoms with Crippen molar-refractivity contribution >= 4 is 29.3 Å². The van der Waals surface area contributed by atoms with Gasteiger partial charge in [0.1, 0.15) is 6.04 Å². The zero-order chi connectivity index (χ0) is 32.0. The Morgan fingerprint density at radius 2 is 1.76 bits per heavy atom. The number of anilines is 1. The Morgan fingerprint density at radius 3 is 2.49 bits per heavy atom. The van der Waals surface area contributed by atoms with E-state index in [1.807, 2.05) is 24.5 Å². The third kappa shape index (κ3) is 9.87. The predicted octanol–water partition coefficient (Wildman–Crippen LogP) is 9.01. The highest BCUT2D eigenvalue weighted by atomic mass is 32.2. The van der Waals surface area contributed by atoms with Gasteiger partial charge in [0, 0.05) is 24.3 Å². The molecule has 1 fully saturated rings. The second kappa shape index (κ2) is 18.0. The van der Waals surface area contributed by atoms with Crippen LogP contribution in [0.1, 0.15) is 91.8 Å². The second-order valence-electron chi connectivity index (χ2n) is 12.5. The van der Waals surface area contributed by atoms with Gasteiger partial charge >= 0.3 is 5.97 Å². The predicted molar refractivity (Wildman–Crippen MR) is 190 cm³/mol. The molecule has 1 atom stereocenters. The summed E-state index contributed by atoms with van der Waals surface area (Å²) in [6.45, 7) is 6.13. The number of amides is 1. The van der Waals surface area contributed by atoms with Crippen LogP contribution in [0.25, 0.3) is 11.1 Å². The van der Waals surface area contributed by atoms with Crippen molar-refractivity contribution in [1.82, 2.24) is 5.32 Å². The Kier molecular flexibility index (Phi) is 13.9. The van der Waals surface area contributed by atoms with Crippen molar-refractivity contribution in [3.63, 3.8) is 0 Å². The van der Waals surface area contributed by atoms with Gasteiger partial charge in [0.25, 0.3) is 5.91 Å². The second-order valence-corrected chi connectivity index (χ2v) is 13.5. The van der Waals surface area contributed by atoms with Crippen LogP contribution in [0.2, 0.25) is 0 Å². The van der Waals surface area contributed by atoms with E-state index in [4.69, 9.17) is 4.74 Å². The Hall–Kier alpha value is -3.25. The van der Waals surface area contributed by atoms with Gasteiger partial charge in [-0.15, -0.1) is 0 Å². The molecule has 0 bridgehead atoms. The smallest absolute Gasteiger partial charge is 0.328 e. The fourth-order valence-electron chi connectivity index (χ4n) is 6.57. The molecule has 0 heterocycles. The lowest BCUT2D eigenvalue weighted by atomic mass is 9.87. The Morgan fingerprint density at radius 1 is 1.00 bits per heavy atom. The number of esters is 1. The van der Waals surface area contributed by atoms with Gasteiger partial charge < -0.3 is 15.0 Å². The van der Waals surface area contributed by atoms with Crippen LogP contribution in [0.4, 0.5) is 5.69 Å². The van der Waals surface area contributed by atoms with Crippen molar-refractivity contribution in [2.45, 2.75) is 90.6 Å². The highest BCUT2D eigenvalue weighted by molar-refractivity contribution is 7.98. The molecule has 1 saturated carbocycles. The number of carbonyl (C=O) groups excluding carboxylic acids is 2. The molecule has 0 aromatic heterocycles. The number of ether oxygens (including phenoxy) is 1. The average Bonchev–Trinajstić information content (AvgIpc) is 3.07. The highest BCUT2D eigenvalue weighted by Gasteiger charge is 2.24. The molecule has 1 amide bonds. The SMILES string of the molecule is CCCCc1ccccc1N(CCC1CCCCC1)Cc1ccc(C(=O)N[C@@H](CCSC)C(=O)OC)c(-c2ccccc2C)c1. The third-order valence-corrected chi connectivity index (χ3v) is 9.85. The van der Waals surface area contributed by atoms with Crippen LogP contribution in [-0.4, -0.2) is 43.6 Å². The first kappa shape index (κ1) is 34.6. The summed E-state index contributed by atoms with van der Waals surface area (Å²) in [5, 5.41) is 2.98. The summed E-state index contributed by atoms with van der Waals surface area (Å²) in [4.78, 5) is 28.9. The van der Waals surface area contributed by atoms with E-state index in [2.05, 4.69) is 72.6 Å². The van der Waals surface area contributed by atoms with Crippen molar-refractivity contribution < 1.29 is 14.3 Å². The molecule has 3 aromatic carbocycles. The molecule has 5 nitrogen and oxygen atoms in total. The number of carbonyl (C=O) groups is 2. The van der Waals surface area contributed by atoms with E-state index in [1.54, 1.807) is 11.8 Å². The largest absolute Gasteiger partial charge is 0.467 e. The molecule has 1 N–H and O–H groups in total. The zero-order valence-electron chi connectivity index (χ0n) is 27.8. The molecular weight excluding hydrogens is 577 g/mol. The van der Waals surface area contributed by atoms with Crippen LogP contribution in [0.3, 0.4) is 0 Å². The number of methoxy groups -OCH3 is 1. The van der Waals surface area contributed by atoms with Gasteiger partial charge in [0.05, 0.1) is 7.11 Å². The van der Waals surface area contributed by atoms with Gasteiger partial charge in [-0.05, 0) is 96.5 Å². The Labute approximate surface area is 275 Å². The molecule has 1 aliphatic carbocycles.